The number of likely N-dealkylation sites (tertiary alicyclic amines) is 1. The zero-order chi connectivity index (χ0) is 16.2. The molecule has 1 fully saturated rings. The second-order valence-corrected chi connectivity index (χ2v) is 6.59. The number of nitrogens with one attached hydrogen (secondary N) is 1. The third-order valence-electron chi connectivity index (χ3n) is 4.91. The van der Waals surface area contributed by atoms with Crippen LogP contribution in [0.5, 0.6) is 0 Å². The first kappa shape index (κ1) is 15.3. The number of nitrogens with zero attached hydrogens (tertiary/aromatic N) is 4. The lowest BCUT2D eigenvalue weighted by Crippen LogP contribution is -2.35. The highest BCUT2D eigenvalue weighted by Crippen LogP contribution is 2.29. The van der Waals surface area contributed by atoms with E-state index in [-0.39, 0.29) is 0 Å². The molecule has 5 nitrogen and oxygen atoms in total. The highest BCUT2D eigenvalue weighted by atomic mass is 15.2. The van der Waals surface area contributed by atoms with E-state index in [1.165, 1.54) is 31.4 Å². The van der Waals surface area contributed by atoms with Crippen molar-refractivity contribution in [2.45, 2.75) is 31.6 Å². The number of aromatic amines is 1. The Morgan fingerprint density at radius 3 is 2.92 bits per heavy atom. The lowest BCUT2D eigenvalue weighted by Gasteiger charge is -2.32. The molecular formula is C19H23N5. The lowest BCUT2D eigenvalue weighted by molar-refractivity contribution is 0.204. The average Bonchev–Trinajstić information content (AvgIpc) is 3.07. The Kier molecular flexibility index (Phi) is 4.51. The summed E-state index contributed by atoms with van der Waals surface area (Å²) in [5.74, 6) is 0.483. The highest BCUT2D eigenvalue weighted by molar-refractivity contribution is 5.72. The number of aryl methyl sites for hydroxylation is 1. The van der Waals surface area contributed by atoms with Crippen molar-refractivity contribution in [3.05, 3.63) is 54.0 Å². The first-order valence-corrected chi connectivity index (χ1v) is 8.81. The van der Waals surface area contributed by atoms with Crippen LogP contribution in [0.1, 0.15) is 36.4 Å². The Morgan fingerprint density at radius 2 is 2.00 bits per heavy atom. The van der Waals surface area contributed by atoms with Crippen molar-refractivity contribution in [2.75, 3.05) is 19.6 Å². The highest BCUT2D eigenvalue weighted by Gasteiger charge is 2.24. The van der Waals surface area contributed by atoms with Gasteiger partial charge in [0.05, 0.1) is 5.69 Å². The first-order valence-electron chi connectivity index (χ1n) is 8.81. The van der Waals surface area contributed by atoms with Crippen molar-refractivity contribution < 1.29 is 0 Å². The molecule has 24 heavy (non-hydrogen) atoms. The van der Waals surface area contributed by atoms with E-state index in [1.54, 1.807) is 12.4 Å². The fourth-order valence-corrected chi connectivity index (χ4v) is 3.70. The zero-order valence-electron chi connectivity index (χ0n) is 13.9. The molecule has 124 valence electrons. The molecule has 4 rings (SSSR count). The van der Waals surface area contributed by atoms with E-state index in [4.69, 9.17) is 0 Å². The van der Waals surface area contributed by atoms with Crippen LogP contribution < -0.4 is 0 Å². The van der Waals surface area contributed by atoms with Crippen LogP contribution in [-0.4, -0.2) is 44.7 Å². The van der Waals surface area contributed by atoms with Gasteiger partial charge in [0.1, 0.15) is 5.52 Å². The molecule has 1 aliphatic rings. The summed E-state index contributed by atoms with van der Waals surface area (Å²) < 4.78 is 0. The van der Waals surface area contributed by atoms with E-state index < -0.39 is 0 Å². The van der Waals surface area contributed by atoms with Crippen LogP contribution in [0.15, 0.2) is 42.7 Å². The van der Waals surface area contributed by atoms with E-state index in [9.17, 15) is 0 Å². The molecule has 0 saturated carbocycles. The number of piperidine rings is 1. The molecule has 0 spiro atoms. The summed E-state index contributed by atoms with van der Waals surface area (Å²) >= 11 is 0. The molecule has 5 heteroatoms. The van der Waals surface area contributed by atoms with Crippen molar-refractivity contribution in [3.63, 3.8) is 0 Å². The molecule has 0 aliphatic carbocycles. The molecule has 0 radical (unpaired) electrons. The van der Waals surface area contributed by atoms with Gasteiger partial charge in [-0.25, -0.2) is 9.97 Å². The van der Waals surface area contributed by atoms with Gasteiger partial charge < -0.3 is 4.90 Å². The SMILES string of the molecule is c1ccc(CCCN2CCC[C@H](c3[nH]nc4nccnc34)C2)cc1. The zero-order valence-corrected chi connectivity index (χ0v) is 13.9. The molecule has 0 amide bonds. The van der Waals surface area contributed by atoms with E-state index in [0.29, 0.717) is 5.92 Å². The van der Waals surface area contributed by atoms with Crippen molar-refractivity contribution >= 4 is 11.2 Å². The first-order chi connectivity index (χ1) is 11.9. The van der Waals surface area contributed by atoms with Crippen LogP contribution in [0.25, 0.3) is 11.2 Å². The second-order valence-electron chi connectivity index (χ2n) is 6.59. The van der Waals surface area contributed by atoms with Crippen LogP contribution in [0.4, 0.5) is 0 Å². The molecule has 1 N–H and O–H groups in total. The van der Waals surface area contributed by atoms with Gasteiger partial charge in [0.15, 0.2) is 5.65 Å². The van der Waals surface area contributed by atoms with Gasteiger partial charge >= 0.3 is 0 Å². The van der Waals surface area contributed by atoms with Crippen LogP contribution in [0.3, 0.4) is 0 Å². The van der Waals surface area contributed by atoms with E-state index in [0.717, 1.165) is 36.4 Å². The van der Waals surface area contributed by atoms with E-state index in [1.807, 2.05) is 0 Å². The number of rotatable bonds is 5. The summed E-state index contributed by atoms with van der Waals surface area (Å²) in [5, 5.41) is 7.49. The third kappa shape index (κ3) is 3.31. The molecule has 1 atom stereocenters. The number of fused-ring (bicyclic) bond motifs is 1. The number of hydrogen-bond acceptors (Lipinski definition) is 4. The molecule has 1 saturated heterocycles. The molecular weight excluding hydrogens is 298 g/mol. The summed E-state index contributed by atoms with van der Waals surface area (Å²) in [6.07, 6.45) is 8.24. The smallest absolute Gasteiger partial charge is 0.199 e. The summed E-state index contributed by atoms with van der Waals surface area (Å²) in [4.78, 5) is 11.3. The predicted molar refractivity (Wildman–Crippen MR) is 94.9 cm³/mol. The molecule has 2 aromatic heterocycles. The van der Waals surface area contributed by atoms with Gasteiger partial charge in [-0.1, -0.05) is 30.3 Å². The van der Waals surface area contributed by atoms with Crippen molar-refractivity contribution in [1.82, 2.24) is 25.1 Å². The molecule has 1 aliphatic heterocycles. The number of aromatic nitrogens is 4. The Morgan fingerprint density at radius 1 is 1.12 bits per heavy atom. The monoisotopic (exact) mass is 321 g/mol. The third-order valence-corrected chi connectivity index (χ3v) is 4.91. The number of H-pyrrole nitrogens is 1. The maximum atomic E-state index is 4.47. The van der Waals surface area contributed by atoms with Crippen molar-refractivity contribution in [3.8, 4) is 0 Å². The van der Waals surface area contributed by atoms with Crippen LogP contribution in [0.2, 0.25) is 0 Å². The minimum atomic E-state index is 0.483. The molecule has 3 aromatic rings. The summed E-state index contributed by atoms with van der Waals surface area (Å²) in [6, 6.07) is 10.8. The van der Waals surface area contributed by atoms with Gasteiger partial charge in [0.2, 0.25) is 0 Å². The molecule has 1 aromatic carbocycles. The van der Waals surface area contributed by atoms with Crippen LogP contribution in [0, 0.1) is 0 Å². The van der Waals surface area contributed by atoms with Gasteiger partial charge in [0, 0.05) is 24.9 Å². The van der Waals surface area contributed by atoms with Gasteiger partial charge in [0.25, 0.3) is 0 Å². The van der Waals surface area contributed by atoms with E-state index in [2.05, 4.69) is 55.4 Å². The Hall–Kier alpha value is -2.27. The lowest BCUT2D eigenvalue weighted by atomic mass is 9.94. The van der Waals surface area contributed by atoms with Crippen LogP contribution >= 0.6 is 0 Å². The number of hydrogen-bond donors (Lipinski definition) is 1. The Balaban J connectivity index is 1.37. The molecule has 3 heterocycles. The van der Waals surface area contributed by atoms with Crippen molar-refractivity contribution in [1.29, 1.82) is 0 Å². The predicted octanol–water partition coefficient (Wildman–Crippen LogP) is 3.17. The topological polar surface area (TPSA) is 57.7 Å². The second kappa shape index (κ2) is 7.09. The maximum absolute atomic E-state index is 4.47. The minimum absolute atomic E-state index is 0.483. The maximum Gasteiger partial charge on any atom is 0.199 e. The Labute approximate surface area is 142 Å². The average molecular weight is 321 g/mol. The minimum Gasteiger partial charge on any atom is -0.303 e. The fraction of sp³-hybridized carbons (Fsp3) is 0.421. The largest absolute Gasteiger partial charge is 0.303 e. The van der Waals surface area contributed by atoms with Gasteiger partial charge in [-0.2, -0.15) is 5.10 Å². The van der Waals surface area contributed by atoms with Gasteiger partial charge in [-0.3, -0.25) is 5.10 Å². The van der Waals surface area contributed by atoms with Crippen LogP contribution in [-0.2, 0) is 6.42 Å². The standard InChI is InChI=1S/C19H23N5/c1-2-6-15(7-3-1)8-4-12-24-13-5-9-16(14-24)17-18-19(23-22-17)21-11-10-20-18/h1-3,6-7,10-11,16H,4-5,8-9,12-14H2,(H,21,22,23)/t16-/m0/s1. The fourth-order valence-electron chi connectivity index (χ4n) is 3.70. The van der Waals surface area contributed by atoms with Gasteiger partial charge in [-0.05, 0) is 44.3 Å². The summed E-state index contributed by atoms with van der Waals surface area (Å²) in [6.45, 7) is 3.44. The molecule has 0 bridgehead atoms. The van der Waals surface area contributed by atoms with Crippen molar-refractivity contribution in [2.24, 2.45) is 0 Å². The summed E-state index contributed by atoms with van der Waals surface area (Å²) in [5.41, 5.74) is 4.26. The molecule has 0 unspecified atom stereocenters. The van der Waals surface area contributed by atoms with Gasteiger partial charge in [-0.15, -0.1) is 0 Å². The summed E-state index contributed by atoms with van der Waals surface area (Å²) in [7, 11) is 0. The Bertz CT molecular complexity index is 783. The number of benzene rings is 1. The van der Waals surface area contributed by atoms with E-state index >= 15 is 0 Å². The quantitative estimate of drug-likeness (QED) is 0.784. The normalized spacial score (nSPS) is 18.9.